The van der Waals surface area contributed by atoms with Crippen molar-refractivity contribution >= 4 is 17.8 Å². The van der Waals surface area contributed by atoms with Gasteiger partial charge >= 0.3 is 5.97 Å². The van der Waals surface area contributed by atoms with Gasteiger partial charge in [-0.15, -0.1) is 0 Å². The molecule has 1 unspecified atom stereocenters. The summed E-state index contributed by atoms with van der Waals surface area (Å²) in [7, 11) is 3.41. The summed E-state index contributed by atoms with van der Waals surface area (Å²) in [4.78, 5) is 38.8. The second-order valence-electron chi connectivity index (χ2n) is 7.06. The second-order valence-corrected chi connectivity index (χ2v) is 7.06. The van der Waals surface area contributed by atoms with Crippen LogP contribution in [0.3, 0.4) is 0 Å². The fourth-order valence-electron chi connectivity index (χ4n) is 2.76. The van der Waals surface area contributed by atoms with Crippen LogP contribution in [0.5, 0.6) is 0 Å². The van der Waals surface area contributed by atoms with Gasteiger partial charge in [0.2, 0.25) is 11.8 Å². The monoisotopic (exact) mass is 383 g/mol. The van der Waals surface area contributed by atoms with Crippen molar-refractivity contribution in [2.75, 3.05) is 27.2 Å². The quantitative estimate of drug-likeness (QED) is 0.420. The third-order valence-corrected chi connectivity index (χ3v) is 4.98. The first kappa shape index (κ1) is 25.1. The maximum Gasteiger partial charge on any atom is 0.333 e. The molecule has 0 rings (SSSR count). The van der Waals surface area contributed by atoms with Crippen LogP contribution >= 0.6 is 0 Å². The Balaban J connectivity index is 5.20. The number of nitrogens with one attached hydrogen (secondary N) is 2. The first-order valence-electron chi connectivity index (χ1n) is 9.68. The molecule has 0 spiro atoms. The largest absolute Gasteiger partial charge is 0.463 e. The van der Waals surface area contributed by atoms with Gasteiger partial charge in [-0.1, -0.05) is 33.8 Å². The number of esters is 1. The number of ether oxygens (including phenoxy) is 1. The van der Waals surface area contributed by atoms with Gasteiger partial charge in [0.1, 0.15) is 6.04 Å². The van der Waals surface area contributed by atoms with Crippen molar-refractivity contribution in [3.05, 3.63) is 11.6 Å². The lowest BCUT2D eigenvalue weighted by Crippen LogP contribution is -2.60. The van der Waals surface area contributed by atoms with Gasteiger partial charge in [0, 0.05) is 19.2 Å². The van der Waals surface area contributed by atoms with E-state index in [0.717, 1.165) is 0 Å². The third-order valence-electron chi connectivity index (χ3n) is 4.98. The van der Waals surface area contributed by atoms with Crippen LogP contribution in [-0.2, 0) is 19.1 Å². The zero-order valence-electron chi connectivity index (χ0n) is 18.1. The van der Waals surface area contributed by atoms with Crippen molar-refractivity contribution < 1.29 is 19.1 Å². The fourth-order valence-corrected chi connectivity index (χ4v) is 2.76. The molecule has 0 aliphatic rings. The molecule has 2 N–H and O–H groups in total. The molecule has 2 amide bonds. The van der Waals surface area contributed by atoms with Gasteiger partial charge in [-0.25, -0.2) is 4.79 Å². The standard InChI is InChI=1S/C20H37N3O4/c1-9-20(10-2,21-7)19(26)22-16(14(4)5)17(24)23(8)13-12-15(6)18(25)27-11-3/h12,14,16,21H,9-11,13H2,1-8H3,(H,22,26)/b15-12+. The molecule has 0 aromatic heterocycles. The van der Waals surface area contributed by atoms with Gasteiger partial charge < -0.3 is 20.3 Å². The highest BCUT2D eigenvalue weighted by molar-refractivity contribution is 5.92. The van der Waals surface area contributed by atoms with Crippen molar-refractivity contribution in [3.63, 3.8) is 0 Å². The highest BCUT2D eigenvalue weighted by Gasteiger charge is 2.36. The number of hydrogen-bond acceptors (Lipinski definition) is 5. The van der Waals surface area contributed by atoms with E-state index in [1.165, 1.54) is 4.90 Å². The molecule has 1 atom stereocenters. The molecule has 7 heteroatoms. The van der Waals surface area contributed by atoms with Crippen LogP contribution < -0.4 is 10.6 Å². The van der Waals surface area contributed by atoms with Crippen LogP contribution in [0.2, 0.25) is 0 Å². The molecule has 0 aliphatic heterocycles. The van der Waals surface area contributed by atoms with Crippen molar-refractivity contribution in [3.8, 4) is 0 Å². The molecular weight excluding hydrogens is 346 g/mol. The van der Waals surface area contributed by atoms with E-state index in [4.69, 9.17) is 4.74 Å². The average Bonchev–Trinajstić information content (AvgIpc) is 2.64. The van der Waals surface area contributed by atoms with Crippen LogP contribution in [0.25, 0.3) is 0 Å². The van der Waals surface area contributed by atoms with Gasteiger partial charge in [0.15, 0.2) is 0 Å². The van der Waals surface area contributed by atoms with E-state index in [0.29, 0.717) is 25.0 Å². The molecule has 0 fully saturated rings. The smallest absolute Gasteiger partial charge is 0.333 e. The molecule has 156 valence electrons. The summed E-state index contributed by atoms with van der Waals surface area (Å²) in [5, 5.41) is 6.01. The topological polar surface area (TPSA) is 87.7 Å². The molecule has 0 aromatic rings. The zero-order valence-corrected chi connectivity index (χ0v) is 18.1. The van der Waals surface area contributed by atoms with Crippen molar-refractivity contribution in [1.29, 1.82) is 0 Å². The third kappa shape index (κ3) is 6.97. The predicted octanol–water partition coefficient (Wildman–Crippen LogP) is 1.87. The molecule has 0 saturated heterocycles. The summed E-state index contributed by atoms with van der Waals surface area (Å²) < 4.78 is 4.93. The zero-order chi connectivity index (χ0) is 21.2. The summed E-state index contributed by atoms with van der Waals surface area (Å²) >= 11 is 0. The lowest BCUT2D eigenvalue weighted by molar-refractivity contribution is -0.139. The first-order valence-corrected chi connectivity index (χ1v) is 9.68. The van der Waals surface area contributed by atoms with Gasteiger partial charge in [0.05, 0.1) is 12.1 Å². The summed E-state index contributed by atoms with van der Waals surface area (Å²) in [6.07, 6.45) is 2.91. The van der Waals surface area contributed by atoms with E-state index in [1.807, 2.05) is 27.7 Å². The molecule has 27 heavy (non-hydrogen) atoms. The van der Waals surface area contributed by atoms with Gasteiger partial charge in [-0.05, 0) is 39.7 Å². The van der Waals surface area contributed by atoms with E-state index in [1.54, 1.807) is 34.0 Å². The number of nitrogens with zero attached hydrogens (tertiary/aromatic N) is 1. The van der Waals surface area contributed by atoms with E-state index in [-0.39, 0.29) is 24.3 Å². The maximum atomic E-state index is 12.9. The molecule has 0 aliphatic carbocycles. The minimum absolute atomic E-state index is 0.0673. The van der Waals surface area contributed by atoms with Gasteiger partial charge in [-0.3, -0.25) is 9.59 Å². The molecule has 0 radical (unpaired) electrons. The summed E-state index contributed by atoms with van der Waals surface area (Å²) in [5.41, 5.74) is -0.236. The van der Waals surface area contributed by atoms with Gasteiger partial charge in [0.25, 0.3) is 0 Å². The van der Waals surface area contributed by atoms with Crippen molar-refractivity contribution in [1.82, 2.24) is 15.5 Å². The van der Waals surface area contributed by atoms with E-state index in [2.05, 4.69) is 10.6 Å². The molecule has 0 heterocycles. The number of amides is 2. The molecule has 0 aromatic carbocycles. The minimum Gasteiger partial charge on any atom is -0.463 e. The highest BCUT2D eigenvalue weighted by atomic mass is 16.5. The highest BCUT2D eigenvalue weighted by Crippen LogP contribution is 2.16. The summed E-state index contributed by atoms with van der Waals surface area (Å²) in [6.45, 7) is 11.7. The van der Waals surface area contributed by atoms with E-state index in [9.17, 15) is 14.4 Å². The Bertz CT molecular complexity index is 531. The molecular formula is C20H37N3O4. The number of carbonyl (C=O) groups is 3. The SMILES string of the molecule is CCOC(=O)/C(C)=C/CN(C)C(=O)C(NC(=O)C(CC)(CC)NC)C(C)C. The van der Waals surface area contributed by atoms with Crippen molar-refractivity contribution in [2.45, 2.75) is 66.0 Å². The Hall–Kier alpha value is -1.89. The predicted molar refractivity (Wildman–Crippen MR) is 107 cm³/mol. The number of carbonyl (C=O) groups excluding carboxylic acids is 3. The summed E-state index contributed by atoms with van der Waals surface area (Å²) in [6, 6.07) is -0.635. The lowest BCUT2D eigenvalue weighted by Gasteiger charge is -2.34. The Morgan fingerprint density at radius 1 is 1.15 bits per heavy atom. The second kappa shape index (κ2) is 11.7. The Labute approximate surface area is 163 Å². The molecule has 7 nitrogen and oxygen atoms in total. The Kier molecular flexibility index (Phi) is 10.9. The first-order chi connectivity index (χ1) is 12.6. The summed E-state index contributed by atoms with van der Waals surface area (Å²) in [5.74, 6) is -0.823. The molecule has 0 saturated carbocycles. The molecule has 0 bridgehead atoms. The van der Waals surface area contributed by atoms with Crippen LogP contribution in [0.1, 0.15) is 54.4 Å². The van der Waals surface area contributed by atoms with Crippen LogP contribution in [0.4, 0.5) is 0 Å². The van der Waals surface area contributed by atoms with Crippen LogP contribution in [-0.4, -0.2) is 61.5 Å². The average molecular weight is 384 g/mol. The van der Waals surface area contributed by atoms with Crippen LogP contribution in [0.15, 0.2) is 11.6 Å². The fraction of sp³-hybridized carbons (Fsp3) is 0.750. The number of likely N-dealkylation sites (N-methyl/N-ethyl adjacent to an activating group) is 2. The minimum atomic E-state index is -0.688. The lowest BCUT2D eigenvalue weighted by atomic mass is 9.90. The van der Waals surface area contributed by atoms with Crippen molar-refractivity contribution in [2.24, 2.45) is 5.92 Å². The van der Waals surface area contributed by atoms with Crippen LogP contribution in [0, 0.1) is 5.92 Å². The van der Waals surface area contributed by atoms with E-state index < -0.39 is 17.6 Å². The van der Waals surface area contributed by atoms with Gasteiger partial charge in [-0.2, -0.15) is 0 Å². The number of hydrogen-bond donors (Lipinski definition) is 2. The Morgan fingerprint density at radius 3 is 2.11 bits per heavy atom. The van der Waals surface area contributed by atoms with E-state index >= 15 is 0 Å². The Morgan fingerprint density at radius 2 is 1.70 bits per heavy atom. The normalized spacial score (nSPS) is 13.3. The number of rotatable bonds is 11. The maximum absolute atomic E-state index is 12.9.